The molecule has 0 aliphatic rings. The lowest BCUT2D eigenvalue weighted by molar-refractivity contribution is 0.475. The Morgan fingerprint density at radius 2 is 1.40 bits per heavy atom. The van der Waals surface area contributed by atoms with Crippen LogP contribution in [-0.4, -0.2) is 9.67 Å². The number of hydrogen-bond donors (Lipinski definition) is 1. The third-order valence-electron chi connectivity index (χ3n) is 6.99. The molecule has 0 spiro atoms. The van der Waals surface area contributed by atoms with E-state index < -0.39 is 0 Å². The number of phenols is 1. The van der Waals surface area contributed by atoms with E-state index in [0.717, 1.165) is 27.8 Å². The van der Waals surface area contributed by atoms with Crippen LogP contribution in [0.4, 0.5) is 0 Å². The Morgan fingerprint density at radius 1 is 0.686 bits per heavy atom. The van der Waals surface area contributed by atoms with Gasteiger partial charge in [0.2, 0.25) is 0 Å². The van der Waals surface area contributed by atoms with E-state index in [0.29, 0.717) is 0 Å². The molecular weight excluding hydrogens is 470 g/mol. The molecule has 3 nitrogen and oxygen atoms in total. The van der Waals surface area contributed by atoms with Crippen LogP contribution in [-0.2, 0) is 0 Å². The minimum absolute atomic E-state index is 0.270. The summed E-state index contributed by atoms with van der Waals surface area (Å²) in [5.74, 6) is 0.270. The molecule has 35 heavy (non-hydrogen) atoms. The molecule has 4 heterocycles. The van der Waals surface area contributed by atoms with Crippen molar-refractivity contribution < 1.29 is 9.52 Å². The van der Waals surface area contributed by atoms with Crippen molar-refractivity contribution in [1.82, 2.24) is 4.57 Å². The zero-order chi connectivity index (χ0) is 23.4. The van der Waals surface area contributed by atoms with E-state index in [4.69, 9.17) is 4.42 Å². The van der Waals surface area contributed by atoms with Gasteiger partial charge in [-0.05, 0) is 79.6 Å². The molecule has 168 valence electrons. The molecule has 1 N–H and O–H groups in total. The van der Waals surface area contributed by atoms with Crippen molar-refractivity contribution in [3.8, 4) is 11.4 Å². The topological polar surface area (TPSA) is 38.3 Å². The summed E-state index contributed by atoms with van der Waals surface area (Å²) in [6.07, 6.45) is 0. The van der Waals surface area contributed by atoms with Crippen molar-refractivity contribution in [2.45, 2.75) is 13.8 Å². The highest BCUT2D eigenvalue weighted by Crippen LogP contribution is 2.47. The molecule has 0 aliphatic heterocycles. The Morgan fingerprint density at radius 3 is 2.23 bits per heavy atom. The predicted molar refractivity (Wildman–Crippen MR) is 150 cm³/mol. The number of nitrogens with zero attached hydrogens (tertiary/aromatic N) is 1. The fourth-order valence-electron chi connectivity index (χ4n) is 5.35. The molecule has 8 aromatic rings. The van der Waals surface area contributed by atoms with Crippen molar-refractivity contribution in [2.24, 2.45) is 0 Å². The summed E-state index contributed by atoms with van der Waals surface area (Å²) < 4.78 is 13.8. The van der Waals surface area contributed by atoms with Gasteiger partial charge in [-0.1, -0.05) is 18.2 Å². The van der Waals surface area contributed by atoms with E-state index in [1.54, 1.807) is 12.1 Å². The van der Waals surface area contributed by atoms with Crippen LogP contribution < -0.4 is 0 Å². The summed E-state index contributed by atoms with van der Waals surface area (Å²) in [7, 11) is 0. The number of furan rings is 1. The Balaban J connectivity index is 1.56. The Labute approximate surface area is 208 Å². The maximum atomic E-state index is 9.95. The lowest BCUT2D eigenvalue weighted by Gasteiger charge is -2.08. The van der Waals surface area contributed by atoms with Crippen molar-refractivity contribution in [2.75, 3.05) is 0 Å². The molecule has 4 aromatic heterocycles. The number of aromatic hydroxyl groups is 1. The Bertz CT molecular complexity index is 2140. The van der Waals surface area contributed by atoms with E-state index in [1.807, 2.05) is 34.8 Å². The molecule has 8 rings (SSSR count). The minimum atomic E-state index is 0.270. The van der Waals surface area contributed by atoms with Gasteiger partial charge in [-0.3, -0.25) is 0 Å². The number of fused-ring (bicyclic) bond motifs is 10. The molecule has 0 radical (unpaired) electrons. The second-order valence-electron chi connectivity index (χ2n) is 9.36. The first kappa shape index (κ1) is 19.5. The highest BCUT2D eigenvalue weighted by molar-refractivity contribution is 7.27. The number of benzene rings is 4. The smallest absolute Gasteiger partial charge is 0.154 e. The number of thiophene rings is 2. The average Bonchev–Trinajstić information content (AvgIpc) is 3.55. The van der Waals surface area contributed by atoms with Crippen LogP contribution in [0.2, 0.25) is 0 Å². The molecule has 0 saturated heterocycles. The van der Waals surface area contributed by atoms with Crippen molar-refractivity contribution in [1.29, 1.82) is 0 Å². The third kappa shape index (κ3) is 2.60. The second-order valence-corrected chi connectivity index (χ2v) is 11.5. The summed E-state index contributed by atoms with van der Waals surface area (Å²) in [6.45, 7) is 4.24. The van der Waals surface area contributed by atoms with Gasteiger partial charge in [-0.2, -0.15) is 0 Å². The van der Waals surface area contributed by atoms with E-state index in [1.165, 1.54) is 51.6 Å². The van der Waals surface area contributed by atoms with Crippen LogP contribution in [0.5, 0.6) is 5.75 Å². The summed E-state index contributed by atoms with van der Waals surface area (Å²) in [6, 6.07) is 25.3. The molecular formula is C30H19NO2S2. The highest BCUT2D eigenvalue weighted by atomic mass is 32.1. The molecule has 4 aromatic carbocycles. The zero-order valence-corrected chi connectivity index (χ0v) is 20.7. The SMILES string of the molecule is Cc1ccc2c(c1)oc1c3cc4c(cc3sc21)c1sc2cc(C)ccc2c1n4-c1ccc(O)cc1. The summed E-state index contributed by atoms with van der Waals surface area (Å²) in [5.41, 5.74) is 7.80. The molecule has 0 atom stereocenters. The first-order chi connectivity index (χ1) is 17.0. The maximum Gasteiger partial charge on any atom is 0.154 e. The highest BCUT2D eigenvalue weighted by Gasteiger charge is 2.21. The van der Waals surface area contributed by atoms with Gasteiger partial charge in [0.1, 0.15) is 11.3 Å². The zero-order valence-electron chi connectivity index (χ0n) is 19.0. The summed E-state index contributed by atoms with van der Waals surface area (Å²) in [4.78, 5) is 0. The van der Waals surface area contributed by atoms with Gasteiger partial charge in [0.25, 0.3) is 0 Å². The third-order valence-corrected chi connectivity index (χ3v) is 9.33. The van der Waals surface area contributed by atoms with Gasteiger partial charge in [0, 0.05) is 36.6 Å². The van der Waals surface area contributed by atoms with E-state index in [-0.39, 0.29) is 5.75 Å². The monoisotopic (exact) mass is 489 g/mol. The molecule has 0 bridgehead atoms. The molecule has 5 heteroatoms. The quantitative estimate of drug-likeness (QED) is 0.249. The molecule has 0 unspecified atom stereocenters. The van der Waals surface area contributed by atoms with Crippen LogP contribution in [0.1, 0.15) is 11.1 Å². The van der Waals surface area contributed by atoms with Gasteiger partial charge in [0.15, 0.2) is 5.58 Å². The number of phenolic OH excluding ortho intramolecular Hbond substituents is 1. The maximum absolute atomic E-state index is 9.95. The number of aromatic nitrogens is 1. The van der Waals surface area contributed by atoms with Crippen molar-refractivity contribution in [3.63, 3.8) is 0 Å². The van der Waals surface area contributed by atoms with Gasteiger partial charge < -0.3 is 14.1 Å². The predicted octanol–water partition coefficient (Wildman–Crippen LogP) is 9.43. The van der Waals surface area contributed by atoms with Crippen molar-refractivity contribution >= 4 is 85.2 Å². The van der Waals surface area contributed by atoms with Gasteiger partial charge in [-0.15, -0.1) is 22.7 Å². The van der Waals surface area contributed by atoms with Crippen molar-refractivity contribution in [3.05, 3.63) is 83.9 Å². The van der Waals surface area contributed by atoms with Gasteiger partial charge in [-0.25, -0.2) is 0 Å². The molecule has 0 saturated carbocycles. The lowest BCUT2D eigenvalue weighted by Crippen LogP contribution is -1.93. The van der Waals surface area contributed by atoms with Crippen LogP contribution in [0.25, 0.3) is 68.2 Å². The lowest BCUT2D eigenvalue weighted by atomic mass is 10.1. The standard InChI is InChI=1S/C30H19NO2S2/c1-15-3-9-19-24(11-15)33-28-22-13-23-21(14-26(22)35-30(19)28)29-27(20-10-4-16(2)12-25(20)34-29)31(23)17-5-7-18(32)8-6-17/h3-14,32H,1-2H3. The van der Waals surface area contributed by atoms with E-state index >= 15 is 0 Å². The fourth-order valence-corrected chi connectivity index (χ4v) is 7.84. The summed E-state index contributed by atoms with van der Waals surface area (Å²) >= 11 is 3.67. The minimum Gasteiger partial charge on any atom is -0.508 e. The van der Waals surface area contributed by atoms with Crippen LogP contribution in [0.3, 0.4) is 0 Å². The number of rotatable bonds is 1. The first-order valence-electron chi connectivity index (χ1n) is 11.6. The van der Waals surface area contributed by atoms with E-state index in [2.05, 4.69) is 66.9 Å². The molecule has 0 aliphatic carbocycles. The normalized spacial score (nSPS) is 12.4. The van der Waals surface area contributed by atoms with Gasteiger partial charge >= 0.3 is 0 Å². The largest absolute Gasteiger partial charge is 0.508 e. The van der Waals surface area contributed by atoms with E-state index in [9.17, 15) is 5.11 Å². The van der Waals surface area contributed by atoms with Crippen LogP contribution in [0.15, 0.2) is 77.2 Å². The number of aryl methyl sites for hydroxylation is 2. The summed E-state index contributed by atoms with van der Waals surface area (Å²) in [5, 5.41) is 14.8. The average molecular weight is 490 g/mol. The Hall–Kier alpha value is -3.80. The van der Waals surface area contributed by atoms with Crippen LogP contribution >= 0.6 is 22.7 Å². The first-order valence-corrected chi connectivity index (χ1v) is 13.2. The van der Waals surface area contributed by atoms with Crippen LogP contribution in [0, 0.1) is 13.8 Å². The molecule has 0 fully saturated rings. The second kappa shape index (κ2) is 6.66. The molecule has 0 amide bonds. The number of hydrogen-bond acceptors (Lipinski definition) is 4. The van der Waals surface area contributed by atoms with Gasteiger partial charge in [0.05, 0.1) is 20.4 Å². The fraction of sp³-hybridized carbons (Fsp3) is 0.0667. The Kier molecular flexibility index (Phi) is 3.71.